The summed E-state index contributed by atoms with van der Waals surface area (Å²) in [5, 5.41) is 2.75. The molecule has 10 nitrogen and oxygen atoms in total. The molecule has 0 radical (unpaired) electrons. The summed E-state index contributed by atoms with van der Waals surface area (Å²) in [6.07, 6.45) is 2.28. The Hall–Kier alpha value is -1.52. The predicted octanol–water partition coefficient (Wildman–Crippen LogP) is -2.16. The molecule has 1 aliphatic heterocycles. The molecule has 0 aliphatic carbocycles. The van der Waals surface area contributed by atoms with Crippen LogP contribution in [-0.2, 0) is 10.3 Å². The van der Waals surface area contributed by atoms with Gasteiger partial charge in [-0.15, -0.1) is 0 Å². The molecule has 12 heteroatoms. The number of anilines is 1. The van der Waals surface area contributed by atoms with E-state index in [0.29, 0.717) is 20.0 Å². The molecule has 0 spiro atoms. The van der Waals surface area contributed by atoms with E-state index >= 15 is 0 Å². The number of nitrogens with one attached hydrogen (secondary N) is 1. The molecule has 144 valence electrons. The number of piperazine rings is 1. The quantitative estimate of drug-likeness (QED) is 0.403. The molecule has 3 heterocycles. The summed E-state index contributed by atoms with van der Waals surface area (Å²) < 4.78 is 32.6. The van der Waals surface area contributed by atoms with Crippen molar-refractivity contribution in [3.63, 3.8) is 0 Å². The van der Waals surface area contributed by atoms with Gasteiger partial charge in [0.1, 0.15) is 0 Å². The van der Waals surface area contributed by atoms with Crippen LogP contribution in [0.3, 0.4) is 0 Å². The first kappa shape index (κ1) is 20.8. The molecule has 26 heavy (non-hydrogen) atoms. The van der Waals surface area contributed by atoms with E-state index in [4.69, 9.17) is 4.55 Å². The largest absolute Gasteiger partial charge is 0.323 e. The summed E-state index contributed by atoms with van der Waals surface area (Å²) in [7, 11) is 1.49. The maximum Gasteiger partial charge on any atom is -0.0167 e. The smallest absolute Gasteiger partial charge is 0.0167 e. The van der Waals surface area contributed by atoms with Crippen LogP contribution in [0.15, 0.2) is 18.6 Å². The molecule has 2 N–H and O–H groups in total. The van der Waals surface area contributed by atoms with Crippen LogP contribution in [-0.4, -0.2) is 101 Å². The Kier molecular flexibility index (Phi) is 7.13. The molecule has 1 atom stereocenters. The average molecular weight is 445 g/mol. The van der Waals surface area contributed by atoms with Crippen molar-refractivity contribution >= 4 is 37.6 Å². The monoisotopic (exact) mass is 445 g/mol. The van der Waals surface area contributed by atoms with Gasteiger partial charge in [-0.3, -0.25) is 0 Å². The Balaban J connectivity index is 0.000000758. The van der Waals surface area contributed by atoms with Crippen molar-refractivity contribution in [3.05, 3.63) is 18.6 Å². The van der Waals surface area contributed by atoms with Crippen molar-refractivity contribution in [1.29, 1.82) is 0 Å². The molecule has 2 aromatic heterocycles. The van der Waals surface area contributed by atoms with Gasteiger partial charge in [-0.1, -0.05) is 0 Å². The van der Waals surface area contributed by atoms with Gasteiger partial charge in [-0.25, -0.2) is 0 Å². The van der Waals surface area contributed by atoms with E-state index in [1.165, 1.54) is 23.0 Å². The number of imidazole rings is 1. The summed E-state index contributed by atoms with van der Waals surface area (Å²) >= 11 is 1.28. The van der Waals surface area contributed by atoms with Gasteiger partial charge in [0.2, 0.25) is 0 Å². The summed E-state index contributed by atoms with van der Waals surface area (Å²) in [4.78, 5) is 17.3. The van der Waals surface area contributed by atoms with Gasteiger partial charge in [0.15, 0.2) is 0 Å². The number of hydrogen-bond donors (Lipinski definition) is 2. The summed E-state index contributed by atoms with van der Waals surface area (Å²) in [5.74, 6) is 0.809. The van der Waals surface area contributed by atoms with Gasteiger partial charge in [0, 0.05) is 0 Å². The SMILES string of the molecule is CN1CCN(c2cc(-c3cn(S(=O)(=O)O)cn3)nc([AsH2])n2)CC1.CNC. The van der Waals surface area contributed by atoms with Crippen molar-refractivity contribution in [2.75, 3.05) is 52.2 Å². The van der Waals surface area contributed by atoms with Gasteiger partial charge in [-0.2, -0.15) is 0 Å². The van der Waals surface area contributed by atoms with E-state index in [2.05, 4.69) is 37.1 Å². The number of aromatic nitrogens is 4. The van der Waals surface area contributed by atoms with E-state index < -0.39 is 10.3 Å². The van der Waals surface area contributed by atoms with Crippen LogP contribution < -0.4 is 14.8 Å². The molecule has 1 saturated heterocycles. The second-order valence-corrected chi connectivity index (χ2v) is 8.23. The van der Waals surface area contributed by atoms with Crippen LogP contribution >= 0.6 is 0 Å². The minimum atomic E-state index is -4.34. The first-order chi connectivity index (χ1) is 12.2. The Labute approximate surface area is 162 Å². The Morgan fingerprint density at radius 2 is 1.77 bits per heavy atom. The third-order valence-electron chi connectivity index (χ3n) is 3.65. The van der Waals surface area contributed by atoms with Gasteiger partial charge >= 0.3 is 142 Å². The topological polar surface area (TPSA) is 116 Å². The van der Waals surface area contributed by atoms with Crippen LogP contribution in [0.4, 0.5) is 5.82 Å². The van der Waals surface area contributed by atoms with E-state index in [1.54, 1.807) is 6.07 Å². The zero-order valence-electron chi connectivity index (χ0n) is 15.0. The molecule has 1 aliphatic rings. The third-order valence-corrected chi connectivity index (χ3v) is 4.92. The molecular weight excluding hydrogens is 421 g/mol. The molecular formula is C14H24AsN7O3S. The zero-order valence-corrected chi connectivity index (χ0v) is 18.2. The van der Waals surface area contributed by atoms with Crippen LogP contribution in [0.25, 0.3) is 11.4 Å². The van der Waals surface area contributed by atoms with Crippen LogP contribution in [0, 0.1) is 0 Å². The molecule has 0 bridgehead atoms. The fourth-order valence-electron chi connectivity index (χ4n) is 2.35. The third kappa shape index (κ3) is 5.49. The number of nitrogens with zero attached hydrogens (tertiary/aromatic N) is 6. The van der Waals surface area contributed by atoms with E-state index in [1.807, 2.05) is 14.1 Å². The predicted molar refractivity (Wildman–Crippen MR) is 103 cm³/mol. The zero-order chi connectivity index (χ0) is 19.3. The Bertz CT molecular complexity index is 835. The molecule has 1 unspecified atom stereocenters. The minimum Gasteiger partial charge on any atom is -0.323 e. The van der Waals surface area contributed by atoms with Crippen molar-refractivity contribution in [2.45, 2.75) is 0 Å². The Morgan fingerprint density at radius 1 is 1.15 bits per heavy atom. The first-order valence-electron chi connectivity index (χ1n) is 7.93. The number of hydrogen-bond acceptors (Lipinski definition) is 8. The van der Waals surface area contributed by atoms with Crippen LogP contribution in [0.2, 0.25) is 0 Å². The molecule has 2 aromatic rings. The number of rotatable bonds is 3. The average Bonchev–Trinajstić information content (AvgIpc) is 3.06. The fourth-order valence-corrected chi connectivity index (χ4v) is 3.31. The summed E-state index contributed by atoms with van der Waals surface area (Å²) in [5.41, 5.74) is 0.912. The van der Waals surface area contributed by atoms with Gasteiger partial charge in [0.25, 0.3) is 0 Å². The maximum absolute atomic E-state index is 11.1. The molecule has 0 saturated carbocycles. The van der Waals surface area contributed by atoms with E-state index in [9.17, 15) is 8.42 Å². The maximum atomic E-state index is 11.1. The van der Waals surface area contributed by atoms with Gasteiger partial charge in [-0.05, 0) is 14.1 Å². The summed E-state index contributed by atoms with van der Waals surface area (Å²) in [6.45, 7) is 3.67. The van der Waals surface area contributed by atoms with Crippen LogP contribution in [0.1, 0.15) is 0 Å². The standard InChI is InChI=1S/C12H17AsN6O3S.C2H7N/c1-17-2-4-18(5-3-17)11-6-9(15-12(13)16-11)10-7-19(8-14-10)23(20,21)22;1-3-2/h6-8H,2-5,13H2,1H3,(H,20,21,22);3H,1-2H3. The van der Waals surface area contributed by atoms with Crippen molar-refractivity contribution in [3.8, 4) is 11.4 Å². The number of likely N-dealkylation sites (N-methyl/N-ethyl adjacent to an activating group) is 1. The molecule has 1 fully saturated rings. The fraction of sp³-hybridized carbons (Fsp3) is 0.500. The molecule has 3 rings (SSSR count). The molecule has 0 aromatic carbocycles. The van der Waals surface area contributed by atoms with Crippen molar-refractivity contribution in [1.82, 2.24) is 29.1 Å². The van der Waals surface area contributed by atoms with Crippen molar-refractivity contribution in [2.24, 2.45) is 0 Å². The minimum absolute atomic E-state index is 0.374. The second-order valence-electron chi connectivity index (χ2n) is 5.83. The Morgan fingerprint density at radius 3 is 2.31 bits per heavy atom. The second kappa shape index (κ2) is 8.92. The summed E-state index contributed by atoms with van der Waals surface area (Å²) in [6, 6.07) is 1.80. The van der Waals surface area contributed by atoms with Crippen LogP contribution in [0.5, 0.6) is 0 Å². The van der Waals surface area contributed by atoms with Crippen molar-refractivity contribution < 1.29 is 13.0 Å². The first-order valence-corrected chi connectivity index (χ1v) is 10.5. The van der Waals surface area contributed by atoms with E-state index in [-0.39, 0.29) is 0 Å². The van der Waals surface area contributed by atoms with Gasteiger partial charge < -0.3 is 5.32 Å². The normalized spacial score (nSPS) is 15.5. The van der Waals surface area contributed by atoms with Gasteiger partial charge in [0.05, 0.1) is 0 Å². The van der Waals surface area contributed by atoms with E-state index in [0.717, 1.165) is 38.3 Å². The molecule has 0 amide bonds.